The van der Waals surface area contributed by atoms with Crippen LogP contribution in [0.2, 0.25) is 0 Å². The standard InChI is InChI=1S/C3H8N2O5S/c4-2(3(6)10-5)1-11(7,8)9/h2H,1,4-5H2,(H,7,8,9). The molecule has 1 atom stereocenters. The van der Waals surface area contributed by atoms with Gasteiger partial charge in [-0.15, -0.1) is 0 Å². The Hall–Kier alpha value is -0.700. The maximum atomic E-state index is 10.3. The Labute approximate surface area is 63.0 Å². The average molecular weight is 184 g/mol. The van der Waals surface area contributed by atoms with E-state index in [1.165, 1.54) is 0 Å². The van der Waals surface area contributed by atoms with Gasteiger partial charge in [0.15, 0.2) is 0 Å². The van der Waals surface area contributed by atoms with E-state index in [-0.39, 0.29) is 0 Å². The van der Waals surface area contributed by atoms with Crippen LogP contribution in [0.4, 0.5) is 0 Å². The first-order valence-corrected chi connectivity index (χ1v) is 4.09. The molecule has 0 saturated carbocycles. The second kappa shape index (κ2) is 3.62. The molecule has 0 spiro atoms. The van der Waals surface area contributed by atoms with Crippen LogP contribution < -0.4 is 11.6 Å². The van der Waals surface area contributed by atoms with Crippen molar-refractivity contribution in [1.29, 1.82) is 0 Å². The van der Waals surface area contributed by atoms with Crippen molar-refractivity contribution in [2.75, 3.05) is 5.75 Å². The topological polar surface area (TPSA) is 133 Å². The van der Waals surface area contributed by atoms with Crippen molar-refractivity contribution >= 4 is 16.1 Å². The third-order valence-corrected chi connectivity index (χ3v) is 1.59. The van der Waals surface area contributed by atoms with Gasteiger partial charge < -0.3 is 10.6 Å². The van der Waals surface area contributed by atoms with Crippen LogP contribution in [0.15, 0.2) is 0 Å². The lowest BCUT2D eigenvalue weighted by Crippen LogP contribution is -2.39. The van der Waals surface area contributed by atoms with Gasteiger partial charge in [0.2, 0.25) is 0 Å². The summed E-state index contributed by atoms with van der Waals surface area (Å²) in [5.74, 6) is 2.39. The molecule has 11 heavy (non-hydrogen) atoms. The summed E-state index contributed by atoms with van der Waals surface area (Å²) in [6.45, 7) is 0. The molecular weight excluding hydrogens is 176 g/mol. The Kier molecular flexibility index (Phi) is 3.39. The van der Waals surface area contributed by atoms with Crippen LogP contribution in [0.25, 0.3) is 0 Å². The van der Waals surface area contributed by atoms with Gasteiger partial charge in [-0.25, -0.2) is 4.79 Å². The Balaban J connectivity index is 4.09. The van der Waals surface area contributed by atoms with Gasteiger partial charge in [-0.05, 0) is 0 Å². The molecule has 0 rings (SSSR count). The summed E-state index contributed by atoms with van der Waals surface area (Å²) in [7, 11) is -4.26. The first-order chi connectivity index (χ1) is 4.87. The summed E-state index contributed by atoms with van der Waals surface area (Å²) in [6.07, 6.45) is 0. The second-order valence-electron chi connectivity index (χ2n) is 1.79. The molecule has 0 fully saturated rings. The lowest BCUT2D eigenvalue weighted by molar-refractivity contribution is -0.145. The zero-order valence-corrected chi connectivity index (χ0v) is 6.24. The summed E-state index contributed by atoms with van der Waals surface area (Å²) < 4.78 is 28.4. The van der Waals surface area contributed by atoms with Gasteiger partial charge in [0.05, 0.1) is 0 Å². The molecule has 7 nitrogen and oxygen atoms in total. The summed E-state index contributed by atoms with van der Waals surface area (Å²) in [4.78, 5) is 14.0. The molecule has 0 aromatic heterocycles. The molecule has 0 radical (unpaired) electrons. The number of nitrogens with two attached hydrogens (primary N) is 2. The zero-order chi connectivity index (χ0) is 9.07. The molecular formula is C3H8N2O5S. The van der Waals surface area contributed by atoms with E-state index in [0.717, 1.165) is 0 Å². The molecule has 1 unspecified atom stereocenters. The van der Waals surface area contributed by atoms with E-state index in [1.807, 2.05) is 0 Å². The van der Waals surface area contributed by atoms with E-state index >= 15 is 0 Å². The van der Waals surface area contributed by atoms with Gasteiger partial charge in [0.25, 0.3) is 10.1 Å². The molecule has 0 saturated heterocycles. The summed E-state index contributed by atoms with van der Waals surface area (Å²) in [5, 5.41) is 0. The number of carbonyl (C=O) groups is 1. The Morgan fingerprint density at radius 3 is 2.36 bits per heavy atom. The van der Waals surface area contributed by atoms with Crippen molar-refractivity contribution in [1.82, 2.24) is 0 Å². The van der Waals surface area contributed by atoms with Crippen LogP contribution in [0, 0.1) is 0 Å². The van der Waals surface area contributed by atoms with Gasteiger partial charge in [-0.3, -0.25) is 4.55 Å². The predicted octanol–water partition coefficient (Wildman–Crippen LogP) is -2.38. The minimum absolute atomic E-state index is 0.900. The normalized spacial score (nSPS) is 14.1. The van der Waals surface area contributed by atoms with E-state index in [2.05, 4.69) is 10.7 Å². The highest BCUT2D eigenvalue weighted by atomic mass is 32.2. The number of rotatable bonds is 3. The van der Waals surface area contributed by atoms with Crippen LogP contribution in [-0.2, 0) is 19.8 Å². The van der Waals surface area contributed by atoms with Crippen molar-refractivity contribution < 1.29 is 22.6 Å². The van der Waals surface area contributed by atoms with Crippen molar-refractivity contribution in [3.63, 3.8) is 0 Å². The minimum atomic E-state index is -4.26. The van der Waals surface area contributed by atoms with E-state index in [1.54, 1.807) is 0 Å². The van der Waals surface area contributed by atoms with Gasteiger partial charge in [0, 0.05) is 0 Å². The molecule has 5 N–H and O–H groups in total. The lowest BCUT2D eigenvalue weighted by Gasteiger charge is -2.04. The fraction of sp³-hybridized carbons (Fsp3) is 0.667. The third kappa shape index (κ3) is 4.67. The fourth-order valence-electron chi connectivity index (χ4n) is 0.382. The van der Waals surface area contributed by atoms with Crippen LogP contribution in [0.5, 0.6) is 0 Å². The molecule has 0 aliphatic carbocycles. The van der Waals surface area contributed by atoms with Gasteiger partial charge in [-0.1, -0.05) is 0 Å². The molecule has 0 amide bonds. The quantitative estimate of drug-likeness (QED) is 0.329. The van der Waals surface area contributed by atoms with Crippen LogP contribution in [0.3, 0.4) is 0 Å². The van der Waals surface area contributed by atoms with E-state index < -0.39 is 27.9 Å². The summed E-state index contributed by atoms with van der Waals surface area (Å²) in [6, 6.07) is -1.45. The smallest absolute Gasteiger partial charge is 0.342 e. The van der Waals surface area contributed by atoms with Gasteiger partial charge in [-0.2, -0.15) is 14.3 Å². The van der Waals surface area contributed by atoms with E-state index in [9.17, 15) is 13.2 Å². The molecule has 0 aromatic carbocycles. The Morgan fingerprint density at radius 1 is 1.64 bits per heavy atom. The first-order valence-electron chi connectivity index (χ1n) is 2.48. The molecule has 0 heterocycles. The zero-order valence-electron chi connectivity index (χ0n) is 5.43. The maximum Gasteiger partial charge on any atom is 0.342 e. The maximum absolute atomic E-state index is 10.3. The van der Waals surface area contributed by atoms with Crippen molar-refractivity contribution in [3.8, 4) is 0 Å². The average Bonchev–Trinajstić information content (AvgIpc) is 1.82. The monoisotopic (exact) mass is 184 g/mol. The molecule has 0 aliphatic rings. The molecule has 8 heteroatoms. The molecule has 0 bridgehead atoms. The second-order valence-corrected chi connectivity index (χ2v) is 3.29. The summed E-state index contributed by atoms with van der Waals surface area (Å²) >= 11 is 0. The third-order valence-electron chi connectivity index (χ3n) is 0.809. The largest absolute Gasteiger partial charge is 0.372 e. The minimum Gasteiger partial charge on any atom is -0.372 e. The number of hydrogen-bond acceptors (Lipinski definition) is 6. The Morgan fingerprint density at radius 2 is 2.09 bits per heavy atom. The SMILES string of the molecule is NOC(=O)C(N)CS(=O)(=O)O. The van der Waals surface area contributed by atoms with Crippen LogP contribution in [0.1, 0.15) is 0 Å². The van der Waals surface area contributed by atoms with Crippen molar-refractivity contribution in [2.24, 2.45) is 11.6 Å². The molecule has 0 aliphatic heterocycles. The predicted molar refractivity (Wildman–Crippen MR) is 34.7 cm³/mol. The highest BCUT2D eigenvalue weighted by Gasteiger charge is 2.20. The summed E-state index contributed by atoms with van der Waals surface area (Å²) in [5.41, 5.74) is 4.92. The van der Waals surface area contributed by atoms with E-state index in [4.69, 9.17) is 10.3 Å². The van der Waals surface area contributed by atoms with Crippen molar-refractivity contribution in [3.05, 3.63) is 0 Å². The van der Waals surface area contributed by atoms with E-state index in [0.29, 0.717) is 0 Å². The molecule has 66 valence electrons. The first kappa shape index (κ1) is 10.3. The lowest BCUT2D eigenvalue weighted by atomic mass is 10.4. The highest BCUT2D eigenvalue weighted by Crippen LogP contribution is 1.88. The van der Waals surface area contributed by atoms with Crippen molar-refractivity contribution in [2.45, 2.75) is 6.04 Å². The molecule has 0 aromatic rings. The number of hydrogen-bond donors (Lipinski definition) is 3. The Bertz CT molecular complexity index is 234. The van der Waals surface area contributed by atoms with Gasteiger partial charge in [0.1, 0.15) is 11.8 Å². The van der Waals surface area contributed by atoms with Gasteiger partial charge >= 0.3 is 5.97 Å². The fourth-order valence-corrected chi connectivity index (χ4v) is 0.972. The highest BCUT2D eigenvalue weighted by molar-refractivity contribution is 7.85. The van der Waals surface area contributed by atoms with Crippen LogP contribution in [-0.4, -0.2) is 30.7 Å². The van der Waals surface area contributed by atoms with Crippen LogP contribution >= 0.6 is 0 Å². The number of carbonyl (C=O) groups excluding carboxylic acids is 1.